The monoisotopic (exact) mass is 406 g/mol. The van der Waals surface area contributed by atoms with Crippen LogP contribution in [0.25, 0.3) is 0 Å². The van der Waals surface area contributed by atoms with Crippen molar-refractivity contribution in [3.8, 4) is 11.5 Å². The summed E-state index contributed by atoms with van der Waals surface area (Å²) in [5.41, 5.74) is 3.40. The van der Waals surface area contributed by atoms with Gasteiger partial charge >= 0.3 is 0 Å². The first kappa shape index (κ1) is 19.5. The Morgan fingerprint density at radius 1 is 1.07 bits per heavy atom. The third kappa shape index (κ3) is 3.47. The minimum absolute atomic E-state index is 0.150. The van der Waals surface area contributed by atoms with Gasteiger partial charge in [0.1, 0.15) is 5.69 Å². The van der Waals surface area contributed by atoms with Crippen LogP contribution in [0.5, 0.6) is 11.5 Å². The number of hydrogen-bond acceptors (Lipinski definition) is 5. The molecule has 3 aromatic rings. The highest BCUT2D eigenvalue weighted by atomic mass is 16.5. The molecule has 1 aliphatic heterocycles. The predicted octanol–water partition coefficient (Wildman–Crippen LogP) is 2.85. The summed E-state index contributed by atoms with van der Waals surface area (Å²) in [6.45, 7) is 1.08. The Bertz CT molecular complexity index is 1100. The average molecular weight is 406 g/mol. The zero-order valence-electron chi connectivity index (χ0n) is 17.0. The molecule has 2 amide bonds. The quantitative estimate of drug-likeness (QED) is 0.704. The second-order valence-corrected chi connectivity index (χ2v) is 7.03. The maximum absolute atomic E-state index is 13.2. The summed E-state index contributed by atoms with van der Waals surface area (Å²) in [4.78, 5) is 31.6. The lowest BCUT2D eigenvalue weighted by atomic mass is 10.1. The first-order valence-electron chi connectivity index (χ1n) is 9.41. The molecule has 1 aromatic heterocycles. The molecule has 0 spiro atoms. The zero-order valence-corrected chi connectivity index (χ0v) is 17.0. The van der Waals surface area contributed by atoms with Crippen LogP contribution in [0.4, 0.5) is 5.69 Å². The maximum atomic E-state index is 13.2. The van der Waals surface area contributed by atoms with E-state index in [1.807, 2.05) is 24.3 Å². The fourth-order valence-corrected chi connectivity index (χ4v) is 3.60. The molecule has 0 bridgehead atoms. The summed E-state index contributed by atoms with van der Waals surface area (Å²) in [7, 11) is 4.70. The Balaban J connectivity index is 1.66. The van der Waals surface area contributed by atoms with Gasteiger partial charge in [-0.2, -0.15) is 0 Å². The second kappa shape index (κ2) is 7.90. The molecule has 0 saturated heterocycles. The number of imidazole rings is 1. The first-order valence-corrected chi connectivity index (χ1v) is 9.41. The van der Waals surface area contributed by atoms with Gasteiger partial charge in [-0.1, -0.05) is 24.3 Å². The molecule has 8 nitrogen and oxygen atoms in total. The predicted molar refractivity (Wildman–Crippen MR) is 111 cm³/mol. The lowest BCUT2D eigenvalue weighted by Gasteiger charge is -2.19. The number of anilines is 1. The van der Waals surface area contributed by atoms with E-state index in [0.29, 0.717) is 41.5 Å². The van der Waals surface area contributed by atoms with Gasteiger partial charge in [0.2, 0.25) is 0 Å². The number of benzene rings is 2. The van der Waals surface area contributed by atoms with Crippen molar-refractivity contribution in [3.05, 3.63) is 71.3 Å². The molecule has 0 aliphatic carbocycles. The molecule has 0 fully saturated rings. The summed E-state index contributed by atoms with van der Waals surface area (Å²) in [5, 5.41) is 2.81. The number of carbonyl (C=O) groups excluding carboxylic acids is 2. The van der Waals surface area contributed by atoms with Crippen molar-refractivity contribution >= 4 is 17.5 Å². The number of nitrogens with zero attached hydrogens (tertiary/aromatic N) is 3. The van der Waals surface area contributed by atoms with Crippen molar-refractivity contribution in [2.45, 2.75) is 13.1 Å². The second-order valence-electron chi connectivity index (χ2n) is 7.03. The van der Waals surface area contributed by atoms with Gasteiger partial charge in [0.25, 0.3) is 11.8 Å². The van der Waals surface area contributed by atoms with E-state index < -0.39 is 0 Å². The number of ether oxygens (including phenoxy) is 2. The lowest BCUT2D eigenvalue weighted by molar-refractivity contribution is 0.0750. The fraction of sp³-hybridized carbons (Fsp3) is 0.227. The molecular formula is C22H22N4O4. The molecule has 30 heavy (non-hydrogen) atoms. The Morgan fingerprint density at radius 2 is 1.77 bits per heavy atom. The van der Waals surface area contributed by atoms with Crippen LogP contribution in [0, 0.1) is 0 Å². The van der Waals surface area contributed by atoms with Crippen molar-refractivity contribution in [1.29, 1.82) is 0 Å². The number of rotatable bonds is 5. The molecule has 8 heteroatoms. The molecule has 2 aromatic carbocycles. The van der Waals surface area contributed by atoms with Gasteiger partial charge in [0.15, 0.2) is 11.5 Å². The standard InChI is InChI=1S/C22H22N4O4/c1-25-13-23-10-18(25)21(27)24-17-8-16(9-19(29-2)20(17)30-3)22(28)26-11-14-6-4-5-7-15(14)12-26/h4-10,13H,11-12H2,1-3H3,(H,24,27). The molecule has 1 aliphatic rings. The summed E-state index contributed by atoms with van der Waals surface area (Å²) < 4.78 is 12.5. The number of aromatic nitrogens is 2. The van der Waals surface area contributed by atoms with Gasteiger partial charge in [0.05, 0.1) is 32.4 Å². The van der Waals surface area contributed by atoms with Crippen molar-refractivity contribution < 1.29 is 19.1 Å². The molecule has 4 rings (SSSR count). The van der Waals surface area contributed by atoms with Gasteiger partial charge in [-0.3, -0.25) is 9.59 Å². The minimum Gasteiger partial charge on any atom is -0.493 e. The van der Waals surface area contributed by atoms with Crippen LogP contribution >= 0.6 is 0 Å². The third-order valence-corrected chi connectivity index (χ3v) is 5.15. The molecule has 1 N–H and O–H groups in total. The molecule has 0 atom stereocenters. The highest BCUT2D eigenvalue weighted by Gasteiger charge is 2.26. The van der Waals surface area contributed by atoms with E-state index in [4.69, 9.17) is 9.47 Å². The van der Waals surface area contributed by atoms with E-state index in [1.165, 1.54) is 26.7 Å². The van der Waals surface area contributed by atoms with Crippen LogP contribution in [0.3, 0.4) is 0 Å². The average Bonchev–Trinajstić information content (AvgIpc) is 3.38. The third-order valence-electron chi connectivity index (χ3n) is 5.15. The van der Waals surface area contributed by atoms with E-state index >= 15 is 0 Å². The normalized spacial score (nSPS) is 12.4. The van der Waals surface area contributed by atoms with Gasteiger partial charge < -0.3 is 24.3 Å². The highest BCUT2D eigenvalue weighted by molar-refractivity contribution is 6.05. The van der Waals surface area contributed by atoms with E-state index in [-0.39, 0.29) is 11.8 Å². The minimum atomic E-state index is -0.367. The first-order chi connectivity index (χ1) is 14.5. The Hall–Kier alpha value is -3.81. The number of carbonyl (C=O) groups is 2. The molecular weight excluding hydrogens is 384 g/mol. The van der Waals surface area contributed by atoms with Crippen LogP contribution in [-0.2, 0) is 20.1 Å². The summed E-state index contributed by atoms with van der Waals surface area (Å²) in [5.74, 6) is 0.186. The number of aryl methyl sites for hydroxylation is 1. The summed E-state index contributed by atoms with van der Waals surface area (Å²) in [6, 6.07) is 11.2. The summed E-state index contributed by atoms with van der Waals surface area (Å²) >= 11 is 0. The maximum Gasteiger partial charge on any atom is 0.274 e. The Kier molecular flexibility index (Phi) is 5.14. The Labute approximate surface area is 174 Å². The van der Waals surface area contributed by atoms with Crippen molar-refractivity contribution in [3.63, 3.8) is 0 Å². The summed E-state index contributed by atoms with van der Waals surface area (Å²) in [6.07, 6.45) is 3.01. The molecule has 2 heterocycles. The Morgan fingerprint density at radius 3 is 2.33 bits per heavy atom. The SMILES string of the molecule is COc1cc(C(=O)N2Cc3ccccc3C2)cc(NC(=O)c2cncn2C)c1OC. The number of hydrogen-bond donors (Lipinski definition) is 1. The fourth-order valence-electron chi connectivity index (χ4n) is 3.60. The molecule has 0 saturated carbocycles. The smallest absolute Gasteiger partial charge is 0.274 e. The molecule has 0 radical (unpaired) electrons. The zero-order chi connectivity index (χ0) is 21.3. The lowest BCUT2D eigenvalue weighted by Crippen LogP contribution is -2.25. The van der Waals surface area contributed by atoms with Crippen molar-refractivity contribution in [2.24, 2.45) is 7.05 Å². The van der Waals surface area contributed by atoms with Gasteiger partial charge in [-0.15, -0.1) is 0 Å². The van der Waals surface area contributed by atoms with Gasteiger partial charge in [0, 0.05) is 25.7 Å². The van der Waals surface area contributed by atoms with Crippen LogP contribution in [0.2, 0.25) is 0 Å². The topological polar surface area (TPSA) is 85.7 Å². The highest BCUT2D eigenvalue weighted by Crippen LogP contribution is 2.38. The van der Waals surface area contributed by atoms with E-state index in [9.17, 15) is 9.59 Å². The van der Waals surface area contributed by atoms with E-state index in [1.54, 1.807) is 28.6 Å². The van der Waals surface area contributed by atoms with Crippen LogP contribution < -0.4 is 14.8 Å². The largest absolute Gasteiger partial charge is 0.493 e. The number of amides is 2. The van der Waals surface area contributed by atoms with Crippen molar-refractivity contribution in [2.75, 3.05) is 19.5 Å². The van der Waals surface area contributed by atoms with Gasteiger partial charge in [-0.05, 0) is 23.3 Å². The van der Waals surface area contributed by atoms with Crippen molar-refractivity contribution in [1.82, 2.24) is 14.5 Å². The molecule has 0 unspecified atom stereocenters. The molecule has 154 valence electrons. The van der Waals surface area contributed by atoms with E-state index in [0.717, 1.165) is 11.1 Å². The van der Waals surface area contributed by atoms with Crippen LogP contribution in [0.15, 0.2) is 48.9 Å². The number of nitrogens with one attached hydrogen (secondary N) is 1. The van der Waals surface area contributed by atoms with Gasteiger partial charge in [-0.25, -0.2) is 4.98 Å². The number of methoxy groups -OCH3 is 2. The van der Waals surface area contributed by atoms with E-state index in [2.05, 4.69) is 10.3 Å². The van der Waals surface area contributed by atoms with Crippen LogP contribution in [-0.4, -0.2) is 40.5 Å². The number of fused-ring (bicyclic) bond motifs is 1. The van der Waals surface area contributed by atoms with Crippen LogP contribution in [0.1, 0.15) is 32.0 Å².